The van der Waals surface area contributed by atoms with E-state index in [0.717, 1.165) is 19.3 Å². The fraction of sp³-hybridized carbons (Fsp3) is 0.364. The van der Waals surface area contributed by atoms with Crippen LogP contribution in [0, 0.1) is 5.82 Å². The lowest BCUT2D eigenvalue weighted by Gasteiger charge is -2.26. The van der Waals surface area contributed by atoms with Crippen molar-refractivity contribution in [2.45, 2.75) is 29.9 Å². The van der Waals surface area contributed by atoms with Gasteiger partial charge < -0.3 is 0 Å². The number of sulfonamides is 1. The van der Waals surface area contributed by atoms with E-state index in [1.807, 2.05) is 0 Å². The van der Waals surface area contributed by atoms with E-state index in [-0.39, 0.29) is 16.6 Å². The molecule has 2 aromatic rings. The number of aliphatic imine (C=N–C) groups is 1. The summed E-state index contributed by atoms with van der Waals surface area (Å²) in [6.45, 7) is 1.93. The van der Waals surface area contributed by atoms with Gasteiger partial charge in [-0.1, -0.05) is 35.9 Å². The number of piperidine rings is 1. The van der Waals surface area contributed by atoms with Crippen molar-refractivity contribution in [3.05, 3.63) is 64.4 Å². The maximum atomic E-state index is 14.0. The Balaban J connectivity index is 1.45. The molecule has 2 aliphatic heterocycles. The number of hydrogen-bond acceptors (Lipinski definition) is 5. The van der Waals surface area contributed by atoms with Crippen molar-refractivity contribution in [2.24, 2.45) is 4.99 Å². The summed E-state index contributed by atoms with van der Waals surface area (Å²) < 4.78 is 41.2. The van der Waals surface area contributed by atoms with Gasteiger partial charge >= 0.3 is 0 Å². The molecule has 0 saturated carbocycles. The van der Waals surface area contributed by atoms with Gasteiger partial charge in [0.2, 0.25) is 10.0 Å². The lowest BCUT2D eigenvalue weighted by Crippen LogP contribution is -2.35. The highest BCUT2D eigenvalue weighted by atomic mass is 35.5. The third kappa shape index (κ3) is 4.85. The zero-order valence-corrected chi connectivity index (χ0v) is 19.7. The maximum absolute atomic E-state index is 14.0. The molecule has 6 nitrogen and oxygen atoms in total. The van der Waals surface area contributed by atoms with E-state index in [1.54, 1.807) is 12.1 Å². The molecule has 10 heteroatoms. The van der Waals surface area contributed by atoms with Gasteiger partial charge in [-0.25, -0.2) is 12.8 Å². The van der Waals surface area contributed by atoms with Crippen molar-refractivity contribution < 1.29 is 17.6 Å². The van der Waals surface area contributed by atoms with Gasteiger partial charge in [-0.3, -0.25) is 14.7 Å². The molecule has 2 aromatic carbocycles. The Morgan fingerprint density at radius 3 is 2.47 bits per heavy atom. The molecule has 1 amide bonds. The Hall–Kier alpha value is -1.94. The number of halogens is 2. The van der Waals surface area contributed by atoms with Gasteiger partial charge in [0.05, 0.1) is 11.4 Å². The van der Waals surface area contributed by atoms with Gasteiger partial charge in [0.15, 0.2) is 5.17 Å². The molecule has 2 aliphatic rings. The third-order valence-corrected chi connectivity index (χ3v) is 8.82. The molecule has 4 rings (SSSR count). The highest BCUT2D eigenvalue weighted by molar-refractivity contribution is 8.13. The molecule has 0 bridgehead atoms. The quantitative estimate of drug-likeness (QED) is 0.616. The first-order chi connectivity index (χ1) is 15.4. The predicted molar refractivity (Wildman–Crippen MR) is 125 cm³/mol. The first-order valence-corrected chi connectivity index (χ1v) is 13.2. The Morgan fingerprint density at radius 1 is 1.06 bits per heavy atom. The molecule has 0 atom stereocenters. The summed E-state index contributed by atoms with van der Waals surface area (Å²) in [6, 6.07) is 10.6. The Bertz CT molecular complexity index is 1110. The van der Waals surface area contributed by atoms with Crippen LogP contribution in [-0.2, 0) is 15.8 Å². The summed E-state index contributed by atoms with van der Waals surface area (Å²) in [7, 11) is -3.55. The van der Waals surface area contributed by atoms with Crippen molar-refractivity contribution in [3.8, 4) is 0 Å². The second-order valence-corrected chi connectivity index (χ2v) is 10.9. The van der Waals surface area contributed by atoms with Crippen molar-refractivity contribution in [2.75, 3.05) is 26.2 Å². The Kier molecular flexibility index (Phi) is 7.19. The van der Waals surface area contributed by atoms with E-state index in [0.29, 0.717) is 47.5 Å². The first kappa shape index (κ1) is 23.2. The standard InChI is InChI=1S/C22H23ClFN3O3S2/c23-19-5-4-6-20(24)18(19)15-31-22-25-11-14-27(22)21(28)16-7-9-17(10-8-16)32(29,30)26-12-2-1-3-13-26/h4-10H,1-3,11-15H2. The number of carbonyl (C=O) groups excluding carboxylic acids is 1. The third-order valence-electron chi connectivity index (χ3n) is 5.51. The first-order valence-electron chi connectivity index (χ1n) is 10.4. The molecular formula is C22H23ClFN3O3S2. The summed E-state index contributed by atoms with van der Waals surface area (Å²) in [5.41, 5.74) is 0.746. The fourth-order valence-electron chi connectivity index (χ4n) is 3.73. The number of rotatable bonds is 5. The second-order valence-electron chi connectivity index (χ2n) is 7.60. The number of nitrogens with zero attached hydrogens (tertiary/aromatic N) is 3. The highest BCUT2D eigenvalue weighted by Crippen LogP contribution is 2.27. The van der Waals surface area contributed by atoms with Crippen molar-refractivity contribution >= 4 is 44.5 Å². The number of hydrogen-bond donors (Lipinski definition) is 0. The van der Waals surface area contributed by atoms with Crippen molar-refractivity contribution in [1.82, 2.24) is 9.21 Å². The minimum atomic E-state index is -3.55. The molecule has 2 heterocycles. The van der Waals surface area contributed by atoms with Crippen LogP contribution in [0.15, 0.2) is 52.4 Å². The summed E-state index contributed by atoms with van der Waals surface area (Å²) >= 11 is 7.34. The molecule has 32 heavy (non-hydrogen) atoms. The van der Waals surface area contributed by atoms with Crippen LogP contribution < -0.4 is 0 Å². The van der Waals surface area contributed by atoms with Crippen LogP contribution in [0.4, 0.5) is 4.39 Å². The van der Waals surface area contributed by atoms with Crippen LogP contribution in [0.5, 0.6) is 0 Å². The molecule has 1 saturated heterocycles. The van der Waals surface area contributed by atoms with Gasteiger partial charge in [-0.15, -0.1) is 0 Å². The van der Waals surface area contributed by atoms with Gasteiger partial charge in [-0.2, -0.15) is 4.31 Å². The smallest absolute Gasteiger partial charge is 0.259 e. The molecule has 170 valence electrons. The molecule has 0 unspecified atom stereocenters. The summed E-state index contributed by atoms with van der Waals surface area (Å²) in [6.07, 6.45) is 2.77. The number of carbonyl (C=O) groups is 1. The number of thioether (sulfide) groups is 1. The van der Waals surface area contributed by atoms with Gasteiger partial charge in [0.25, 0.3) is 5.91 Å². The molecular weight excluding hydrogens is 473 g/mol. The minimum Gasteiger partial charge on any atom is -0.286 e. The van der Waals surface area contributed by atoms with Crippen LogP contribution in [0.3, 0.4) is 0 Å². The van der Waals surface area contributed by atoms with E-state index in [2.05, 4.69) is 4.99 Å². The minimum absolute atomic E-state index is 0.190. The monoisotopic (exact) mass is 495 g/mol. The topological polar surface area (TPSA) is 70.1 Å². The number of amidine groups is 1. The summed E-state index contributed by atoms with van der Waals surface area (Å²) in [5.74, 6) is -0.413. The lowest BCUT2D eigenvalue weighted by molar-refractivity contribution is 0.0860. The molecule has 0 aliphatic carbocycles. The highest BCUT2D eigenvalue weighted by Gasteiger charge is 2.28. The zero-order valence-electron chi connectivity index (χ0n) is 17.3. The van der Waals surface area contributed by atoms with E-state index in [9.17, 15) is 17.6 Å². The fourth-order valence-corrected chi connectivity index (χ4v) is 6.63. The average molecular weight is 496 g/mol. The largest absolute Gasteiger partial charge is 0.286 e. The second kappa shape index (κ2) is 9.91. The van der Waals surface area contributed by atoms with E-state index in [4.69, 9.17) is 11.6 Å². The summed E-state index contributed by atoms with van der Waals surface area (Å²) in [5, 5.41) is 0.832. The zero-order chi connectivity index (χ0) is 22.7. The Morgan fingerprint density at radius 2 is 1.78 bits per heavy atom. The van der Waals surface area contributed by atoms with Gasteiger partial charge in [0.1, 0.15) is 5.82 Å². The van der Waals surface area contributed by atoms with E-state index in [1.165, 1.54) is 51.3 Å². The van der Waals surface area contributed by atoms with Crippen LogP contribution >= 0.6 is 23.4 Å². The van der Waals surface area contributed by atoms with Crippen LogP contribution in [0.1, 0.15) is 35.2 Å². The normalized spacial score (nSPS) is 17.4. The molecule has 0 spiro atoms. The predicted octanol–water partition coefficient (Wildman–Crippen LogP) is 4.40. The Labute approximate surface area is 196 Å². The maximum Gasteiger partial charge on any atom is 0.259 e. The molecule has 0 radical (unpaired) electrons. The van der Waals surface area contributed by atoms with Crippen LogP contribution in [-0.4, -0.2) is 54.9 Å². The van der Waals surface area contributed by atoms with Crippen LogP contribution in [0.25, 0.3) is 0 Å². The average Bonchev–Trinajstić information content (AvgIpc) is 3.27. The summed E-state index contributed by atoms with van der Waals surface area (Å²) in [4.78, 5) is 19.1. The SMILES string of the molecule is O=C(c1ccc(S(=O)(=O)N2CCCCC2)cc1)N1CCN=C1SCc1c(F)cccc1Cl. The van der Waals surface area contributed by atoms with E-state index >= 15 is 0 Å². The van der Waals surface area contributed by atoms with Crippen molar-refractivity contribution in [1.29, 1.82) is 0 Å². The van der Waals surface area contributed by atoms with E-state index < -0.39 is 15.8 Å². The van der Waals surface area contributed by atoms with Gasteiger partial charge in [0, 0.05) is 41.5 Å². The lowest BCUT2D eigenvalue weighted by atomic mass is 10.2. The molecule has 1 fully saturated rings. The van der Waals surface area contributed by atoms with Gasteiger partial charge in [-0.05, 0) is 49.2 Å². The number of benzene rings is 2. The van der Waals surface area contributed by atoms with Crippen LogP contribution in [0.2, 0.25) is 5.02 Å². The molecule has 0 aromatic heterocycles. The van der Waals surface area contributed by atoms with Crippen molar-refractivity contribution in [3.63, 3.8) is 0 Å². The molecule has 0 N–H and O–H groups in total. The number of amides is 1.